The van der Waals surface area contributed by atoms with Crippen molar-refractivity contribution in [3.05, 3.63) is 35.9 Å². The van der Waals surface area contributed by atoms with Crippen LogP contribution in [0, 0.1) is 23.7 Å². The molecule has 1 aromatic rings. The maximum atomic E-state index is 13.9. The van der Waals surface area contributed by atoms with Gasteiger partial charge < -0.3 is 9.16 Å². The van der Waals surface area contributed by atoms with Crippen LogP contribution in [-0.4, -0.2) is 26.0 Å². The van der Waals surface area contributed by atoms with E-state index in [0.717, 1.165) is 25.7 Å². The third-order valence-electron chi connectivity index (χ3n) is 10.5. The molecule has 6 atom stereocenters. The molecule has 1 aromatic carbocycles. The van der Waals surface area contributed by atoms with Gasteiger partial charge in [0, 0.05) is 5.92 Å². The fourth-order valence-electron chi connectivity index (χ4n) is 7.07. The van der Waals surface area contributed by atoms with E-state index in [1.54, 1.807) is 0 Å². The summed E-state index contributed by atoms with van der Waals surface area (Å²) in [5, 5.41) is 0.136. The third-order valence-corrected chi connectivity index (χ3v) is 15.0. The molecule has 0 heterocycles. The first-order chi connectivity index (χ1) is 16.3. The van der Waals surface area contributed by atoms with E-state index in [0.29, 0.717) is 17.8 Å². The standard InChI is InChI=1S/C31H50O3Si/c1-22-17-18-25(30(5,6)23-14-10-9-11-15-23)27(20-22)33-28(32)26-21-24-16-12-13-19-31(24,26)34-35(7,8)29(2,3)4/h9-11,14-15,22,24-27H,12-13,16-21H2,1-8H3/t22?,24-,25?,26-,27?,31+/m0/s1. The molecule has 3 fully saturated rings. The summed E-state index contributed by atoms with van der Waals surface area (Å²) < 4.78 is 13.7. The Kier molecular flexibility index (Phi) is 7.41. The lowest BCUT2D eigenvalue weighted by Crippen LogP contribution is -2.66. The average Bonchev–Trinajstić information content (AvgIpc) is 2.76. The van der Waals surface area contributed by atoms with Crippen LogP contribution in [-0.2, 0) is 19.4 Å². The maximum absolute atomic E-state index is 13.9. The lowest BCUT2D eigenvalue weighted by Gasteiger charge is -2.61. The van der Waals surface area contributed by atoms with Crippen molar-refractivity contribution in [3.8, 4) is 0 Å². The van der Waals surface area contributed by atoms with E-state index in [2.05, 4.69) is 85.0 Å². The number of esters is 1. The molecule has 3 nitrogen and oxygen atoms in total. The Balaban J connectivity index is 1.56. The predicted octanol–water partition coefficient (Wildman–Crippen LogP) is 8.28. The van der Waals surface area contributed by atoms with Crippen molar-refractivity contribution in [2.45, 2.75) is 128 Å². The molecule has 3 saturated carbocycles. The van der Waals surface area contributed by atoms with Crippen LogP contribution in [0.15, 0.2) is 30.3 Å². The minimum Gasteiger partial charge on any atom is -0.462 e. The van der Waals surface area contributed by atoms with Gasteiger partial charge in [-0.05, 0) is 73.1 Å². The molecule has 196 valence electrons. The van der Waals surface area contributed by atoms with Crippen LogP contribution >= 0.6 is 0 Å². The molecule has 3 aliphatic rings. The monoisotopic (exact) mass is 498 g/mol. The fourth-order valence-corrected chi connectivity index (χ4v) is 8.73. The third kappa shape index (κ3) is 5.03. The van der Waals surface area contributed by atoms with Crippen LogP contribution in [0.3, 0.4) is 0 Å². The minimum atomic E-state index is -2.00. The van der Waals surface area contributed by atoms with Gasteiger partial charge in [-0.3, -0.25) is 4.79 Å². The van der Waals surface area contributed by atoms with Crippen LogP contribution in [0.1, 0.15) is 98.5 Å². The van der Waals surface area contributed by atoms with E-state index in [1.165, 1.54) is 31.2 Å². The van der Waals surface area contributed by atoms with Crippen molar-refractivity contribution in [3.63, 3.8) is 0 Å². The summed E-state index contributed by atoms with van der Waals surface area (Å²) in [5.41, 5.74) is 1.02. The van der Waals surface area contributed by atoms with Crippen LogP contribution in [0.25, 0.3) is 0 Å². The van der Waals surface area contributed by atoms with Gasteiger partial charge in [-0.1, -0.05) is 91.1 Å². The predicted molar refractivity (Wildman–Crippen MR) is 147 cm³/mol. The Morgan fingerprint density at radius 2 is 1.66 bits per heavy atom. The molecule has 4 heteroatoms. The molecular formula is C31H50O3Si. The topological polar surface area (TPSA) is 35.5 Å². The molecule has 0 N–H and O–H groups in total. The molecule has 0 aromatic heterocycles. The van der Waals surface area contributed by atoms with E-state index in [4.69, 9.17) is 9.16 Å². The summed E-state index contributed by atoms with van der Waals surface area (Å²) in [5.74, 6) is 1.38. The fraction of sp³-hybridized carbons (Fsp3) is 0.774. The van der Waals surface area contributed by atoms with E-state index in [-0.39, 0.29) is 34.0 Å². The van der Waals surface area contributed by atoms with Gasteiger partial charge in [-0.2, -0.15) is 0 Å². The Bertz CT molecular complexity index is 886. The zero-order chi connectivity index (χ0) is 25.6. The summed E-state index contributed by atoms with van der Waals surface area (Å²) in [4.78, 5) is 13.9. The molecule has 3 aliphatic carbocycles. The second kappa shape index (κ2) is 9.63. The molecule has 35 heavy (non-hydrogen) atoms. The molecule has 0 aliphatic heterocycles. The zero-order valence-corrected chi connectivity index (χ0v) is 24.7. The normalized spacial score (nSPS) is 34.0. The Hall–Kier alpha value is -1.13. The highest BCUT2D eigenvalue weighted by atomic mass is 28.4. The van der Waals surface area contributed by atoms with Crippen molar-refractivity contribution in [2.75, 3.05) is 0 Å². The van der Waals surface area contributed by atoms with Crippen molar-refractivity contribution < 1.29 is 14.0 Å². The molecule has 0 radical (unpaired) electrons. The molecular weight excluding hydrogens is 448 g/mol. The molecule has 0 spiro atoms. The summed E-state index contributed by atoms with van der Waals surface area (Å²) in [7, 11) is -2.00. The SMILES string of the molecule is CC1CCC(C(C)(C)c2ccccc2)C(OC(=O)[C@@H]2C[C@@H]3CCCC[C@@]32O[Si](C)(C)C(C)(C)C)C1. The van der Waals surface area contributed by atoms with Gasteiger partial charge >= 0.3 is 5.97 Å². The van der Waals surface area contributed by atoms with Gasteiger partial charge in [-0.25, -0.2) is 0 Å². The lowest BCUT2D eigenvalue weighted by atomic mass is 9.55. The van der Waals surface area contributed by atoms with Gasteiger partial charge in [0.25, 0.3) is 0 Å². The first-order valence-corrected chi connectivity index (χ1v) is 17.1. The van der Waals surface area contributed by atoms with E-state index < -0.39 is 8.32 Å². The quantitative estimate of drug-likeness (QED) is 0.292. The lowest BCUT2D eigenvalue weighted by molar-refractivity contribution is -0.203. The molecule has 0 bridgehead atoms. The van der Waals surface area contributed by atoms with E-state index in [1.807, 2.05) is 0 Å². The average molecular weight is 499 g/mol. The molecule has 0 amide bonds. The summed E-state index contributed by atoms with van der Waals surface area (Å²) in [6.45, 7) is 18.6. The highest BCUT2D eigenvalue weighted by molar-refractivity contribution is 6.74. The number of fused-ring (bicyclic) bond motifs is 1. The Morgan fingerprint density at radius 3 is 2.29 bits per heavy atom. The maximum Gasteiger partial charge on any atom is 0.312 e. The Labute approximate surface area is 215 Å². The Morgan fingerprint density at radius 1 is 0.971 bits per heavy atom. The van der Waals surface area contributed by atoms with Crippen molar-refractivity contribution in [1.82, 2.24) is 0 Å². The van der Waals surface area contributed by atoms with Crippen LogP contribution < -0.4 is 0 Å². The number of benzene rings is 1. The van der Waals surface area contributed by atoms with Crippen LogP contribution in [0.2, 0.25) is 18.1 Å². The van der Waals surface area contributed by atoms with E-state index in [9.17, 15) is 4.79 Å². The summed E-state index contributed by atoms with van der Waals surface area (Å²) >= 11 is 0. The van der Waals surface area contributed by atoms with Crippen LogP contribution in [0.4, 0.5) is 0 Å². The summed E-state index contributed by atoms with van der Waals surface area (Å²) in [6, 6.07) is 10.8. The number of carbonyl (C=O) groups excluding carboxylic acids is 1. The smallest absolute Gasteiger partial charge is 0.312 e. The van der Waals surface area contributed by atoms with Crippen LogP contribution in [0.5, 0.6) is 0 Å². The largest absolute Gasteiger partial charge is 0.462 e. The van der Waals surface area contributed by atoms with E-state index >= 15 is 0 Å². The zero-order valence-electron chi connectivity index (χ0n) is 23.7. The molecule has 4 rings (SSSR count). The first kappa shape index (κ1) is 26.9. The van der Waals surface area contributed by atoms with Gasteiger partial charge in [0.2, 0.25) is 0 Å². The van der Waals surface area contributed by atoms with Gasteiger partial charge in [-0.15, -0.1) is 0 Å². The second-order valence-corrected chi connectivity index (χ2v) is 18.9. The first-order valence-electron chi connectivity index (χ1n) is 14.2. The highest BCUT2D eigenvalue weighted by Gasteiger charge is 2.63. The second-order valence-electron chi connectivity index (χ2n) is 14.1. The van der Waals surface area contributed by atoms with Crippen molar-refractivity contribution in [2.24, 2.45) is 23.7 Å². The van der Waals surface area contributed by atoms with Gasteiger partial charge in [0.05, 0.1) is 11.5 Å². The number of hydrogen-bond donors (Lipinski definition) is 0. The number of ether oxygens (including phenoxy) is 1. The van der Waals surface area contributed by atoms with Crippen molar-refractivity contribution >= 4 is 14.3 Å². The number of rotatable bonds is 6. The van der Waals surface area contributed by atoms with Gasteiger partial charge in [0.1, 0.15) is 6.10 Å². The van der Waals surface area contributed by atoms with Gasteiger partial charge in [0.15, 0.2) is 8.32 Å². The highest BCUT2D eigenvalue weighted by Crippen LogP contribution is 2.58. The molecule has 3 unspecified atom stereocenters. The van der Waals surface area contributed by atoms with Crippen molar-refractivity contribution in [1.29, 1.82) is 0 Å². The molecule has 0 saturated heterocycles. The minimum absolute atomic E-state index is 0.0194. The number of hydrogen-bond acceptors (Lipinski definition) is 3. The number of carbonyl (C=O) groups is 1. The summed E-state index contributed by atoms with van der Waals surface area (Å²) in [6.07, 6.45) is 8.86.